The predicted molar refractivity (Wildman–Crippen MR) is 65.6 cm³/mol. The van der Waals surface area contributed by atoms with Gasteiger partial charge in [0.15, 0.2) is 0 Å². The second kappa shape index (κ2) is 5.85. The quantitative estimate of drug-likeness (QED) is 0.854. The molecule has 0 aliphatic heterocycles. The first kappa shape index (κ1) is 13.0. The van der Waals surface area contributed by atoms with Gasteiger partial charge >= 0.3 is 0 Å². The summed E-state index contributed by atoms with van der Waals surface area (Å²) in [7, 11) is 3.41. The van der Waals surface area contributed by atoms with Crippen molar-refractivity contribution in [2.24, 2.45) is 0 Å². The van der Waals surface area contributed by atoms with E-state index in [-0.39, 0.29) is 11.9 Å². The van der Waals surface area contributed by atoms with Gasteiger partial charge in [0.25, 0.3) is 5.91 Å². The summed E-state index contributed by atoms with van der Waals surface area (Å²) in [5, 5.41) is 11.5. The highest BCUT2D eigenvalue weighted by Crippen LogP contribution is 2.15. The lowest BCUT2D eigenvalue weighted by Crippen LogP contribution is -2.35. The normalized spacial score (nSPS) is 11.4. The molecule has 0 saturated heterocycles. The summed E-state index contributed by atoms with van der Waals surface area (Å²) < 4.78 is 0. The number of amides is 1. The number of hydrogen-bond donors (Lipinski definition) is 1. The van der Waals surface area contributed by atoms with Crippen LogP contribution in [-0.4, -0.2) is 35.9 Å². The van der Waals surface area contributed by atoms with Gasteiger partial charge in [-0.15, -0.1) is 0 Å². The molecule has 0 aliphatic rings. The summed E-state index contributed by atoms with van der Waals surface area (Å²) in [6.07, 6.45) is 1.94. The Bertz CT molecular complexity index is 438. The summed E-state index contributed by atoms with van der Waals surface area (Å²) in [5.41, 5.74) is 0.516. The van der Waals surface area contributed by atoms with Crippen LogP contribution < -0.4 is 5.32 Å². The number of aromatic nitrogens is 1. The number of nitrogens with zero attached hydrogens (tertiary/aromatic N) is 3. The van der Waals surface area contributed by atoms with Crippen molar-refractivity contribution < 1.29 is 4.79 Å². The minimum Gasteiger partial charge on any atom is -0.372 e. The van der Waals surface area contributed by atoms with Crippen LogP contribution in [0.5, 0.6) is 0 Å². The number of hydrogen-bond acceptors (Lipinski definition) is 4. The Morgan fingerprint density at radius 3 is 3.00 bits per heavy atom. The molecule has 1 heterocycles. The second-order valence-electron chi connectivity index (χ2n) is 3.78. The molecule has 5 nitrogen and oxygen atoms in total. The van der Waals surface area contributed by atoms with Crippen molar-refractivity contribution in [1.29, 1.82) is 5.26 Å². The summed E-state index contributed by atoms with van der Waals surface area (Å²) in [4.78, 5) is 17.8. The van der Waals surface area contributed by atoms with Crippen LogP contribution in [-0.2, 0) is 0 Å². The Morgan fingerprint density at radius 1 is 1.71 bits per heavy atom. The summed E-state index contributed by atoms with van der Waals surface area (Å²) in [5.74, 6) is 0.415. The lowest BCUT2D eigenvalue weighted by Gasteiger charge is -2.23. The number of nitrogens with one attached hydrogen (secondary N) is 1. The lowest BCUT2D eigenvalue weighted by atomic mass is 10.1. The third kappa shape index (κ3) is 2.94. The van der Waals surface area contributed by atoms with Crippen molar-refractivity contribution in [2.75, 3.05) is 19.4 Å². The maximum Gasteiger partial charge on any atom is 0.257 e. The molecule has 1 amide bonds. The van der Waals surface area contributed by atoms with Gasteiger partial charge < -0.3 is 10.2 Å². The first-order valence-electron chi connectivity index (χ1n) is 5.38. The van der Waals surface area contributed by atoms with Crippen LogP contribution in [0.2, 0.25) is 0 Å². The Labute approximate surface area is 101 Å². The predicted octanol–water partition coefficient (Wildman–Crippen LogP) is 1.50. The molecular weight excluding hydrogens is 216 g/mol. The van der Waals surface area contributed by atoms with Crippen molar-refractivity contribution in [3.05, 3.63) is 23.9 Å². The van der Waals surface area contributed by atoms with Gasteiger partial charge in [-0.1, -0.05) is 0 Å². The highest BCUT2D eigenvalue weighted by molar-refractivity contribution is 5.98. The molecule has 1 aromatic rings. The molecule has 0 spiro atoms. The third-order valence-corrected chi connectivity index (χ3v) is 2.64. The zero-order valence-corrected chi connectivity index (χ0v) is 10.3. The Kier molecular flexibility index (Phi) is 4.46. The van der Waals surface area contributed by atoms with E-state index in [0.29, 0.717) is 17.8 Å². The van der Waals surface area contributed by atoms with Gasteiger partial charge in [-0.25, -0.2) is 4.98 Å². The highest BCUT2D eigenvalue weighted by Gasteiger charge is 2.19. The van der Waals surface area contributed by atoms with Gasteiger partial charge in [-0.2, -0.15) is 5.26 Å². The number of rotatable bonds is 4. The smallest absolute Gasteiger partial charge is 0.257 e. The van der Waals surface area contributed by atoms with E-state index in [0.717, 1.165) is 0 Å². The molecule has 17 heavy (non-hydrogen) atoms. The van der Waals surface area contributed by atoms with Crippen LogP contribution >= 0.6 is 0 Å². The third-order valence-electron chi connectivity index (χ3n) is 2.64. The molecule has 0 saturated carbocycles. The molecule has 5 heteroatoms. The topological polar surface area (TPSA) is 69.0 Å². The first-order valence-corrected chi connectivity index (χ1v) is 5.38. The average Bonchev–Trinajstić information content (AvgIpc) is 2.37. The number of carbonyl (C=O) groups is 1. The van der Waals surface area contributed by atoms with Crippen LogP contribution in [0.3, 0.4) is 0 Å². The summed E-state index contributed by atoms with van der Waals surface area (Å²) >= 11 is 0. The SMILES string of the molecule is CNc1ncccc1C(=O)N(C)C(C)CC#N. The van der Waals surface area contributed by atoms with Gasteiger partial charge in [0.2, 0.25) is 0 Å². The number of anilines is 1. The molecule has 0 aliphatic carbocycles. The monoisotopic (exact) mass is 232 g/mol. The summed E-state index contributed by atoms with van der Waals surface area (Å²) in [6.45, 7) is 1.84. The number of nitriles is 1. The molecule has 1 N–H and O–H groups in total. The van der Waals surface area contributed by atoms with Crippen LogP contribution in [0, 0.1) is 11.3 Å². The van der Waals surface area contributed by atoms with Crippen molar-refractivity contribution in [3.63, 3.8) is 0 Å². The van der Waals surface area contributed by atoms with E-state index in [2.05, 4.69) is 16.4 Å². The number of pyridine rings is 1. The summed E-state index contributed by atoms with van der Waals surface area (Å²) in [6, 6.07) is 5.38. The molecule has 1 aromatic heterocycles. The fourth-order valence-corrected chi connectivity index (χ4v) is 1.44. The Hall–Kier alpha value is -2.09. The molecule has 90 valence electrons. The molecular formula is C12H16N4O. The fourth-order valence-electron chi connectivity index (χ4n) is 1.44. The van der Waals surface area contributed by atoms with Crippen LogP contribution in [0.1, 0.15) is 23.7 Å². The van der Waals surface area contributed by atoms with E-state index in [1.165, 1.54) is 0 Å². The minimum absolute atomic E-state index is 0.114. The Morgan fingerprint density at radius 2 is 2.41 bits per heavy atom. The van der Waals surface area contributed by atoms with Crippen LogP contribution in [0.4, 0.5) is 5.82 Å². The lowest BCUT2D eigenvalue weighted by molar-refractivity contribution is 0.0747. The molecule has 1 rings (SSSR count). The molecule has 0 aromatic carbocycles. The molecule has 0 fully saturated rings. The minimum atomic E-state index is -0.134. The van der Waals surface area contributed by atoms with E-state index in [4.69, 9.17) is 5.26 Å². The van der Waals surface area contributed by atoms with Crippen molar-refractivity contribution in [2.45, 2.75) is 19.4 Å². The van der Waals surface area contributed by atoms with Gasteiger partial charge in [-0.05, 0) is 19.1 Å². The maximum atomic E-state index is 12.2. The van der Waals surface area contributed by atoms with Crippen molar-refractivity contribution in [1.82, 2.24) is 9.88 Å². The highest BCUT2D eigenvalue weighted by atomic mass is 16.2. The van der Waals surface area contributed by atoms with E-state index in [1.54, 1.807) is 37.3 Å². The molecule has 0 radical (unpaired) electrons. The van der Waals surface area contributed by atoms with Crippen molar-refractivity contribution in [3.8, 4) is 6.07 Å². The molecule has 0 bridgehead atoms. The Balaban J connectivity index is 2.93. The van der Waals surface area contributed by atoms with E-state index in [1.807, 2.05) is 6.92 Å². The van der Waals surface area contributed by atoms with Crippen LogP contribution in [0.15, 0.2) is 18.3 Å². The van der Waals surface area contributed by atoms with Gasteiger partial charge in [-0.3, -0.25) is 4.79 Å². The first-order chi connectivity index (χ1) is 8.11. The molecule has 1 atom stereocenters. The van der Waals surface area contributed by atoms with Crippen LogP contribution in [0.25, 0.3) is 0 Å². The zero-order valence-electron chi connectivity index (χ0n) is 10.3. The zero-order chi connectivity index (χ0) is 12.8. The van der Waals surface area contributed by atoms with Gasteiger partial charge in [0.1, 0.15) is 5.82 Å². The van der Waals surface area contributed by atoms with Crippen molar-refractivity contribution >= 4 is 11.7 Å². The standard InChI is InChI=1S/C12H16N4O/c1-9(6-7-13)16(3)12(17)10-5-4-8-15-11(10)14-2/h4-5,8-9H,6H2,1-3H3,(H,14,15). The van der Waals surface area contributed by atoms with E-state index >= 15 is 0 Å². The van der Waals surface area contributed by atoms with E-state index in [9.17, 15) is 4.79 Å². The largest absolute Gasteiger partial charge is 0.372 e. The fraction of sp³-hybridized carbons (Fsp3) is 0.417. The van der Waals surface area contributed by atoms with Gasteiger partial charge in [0.05, 0.1) is 18.1 Å². The van der Waals surface area contributed by atoms with Gasteiger partial charge in [0, 0.05) is 26.3 Å². The molecule has 1 unspecified atom stereocenters. The number of carbonyl (C=O) groups excluding carboxylic acids is 1. The average molecular weight is 232 g/mol. The maximum absolute atomic E-state index is 12.2. The van der Waals surface area contributed by atoms with E-state index < -0.39 is 0 Å². The second-order valence-corrected chi connectivity index (χ2v) is 3.78.